The Morgan fingerprint density at radius 2 is 1.37 bits per heavy atom. The zero-order valence-electron chi connectivity index (χ0n) is 24.5. The van der Waals surface area contributed by atoms with Crippen LogP contribution in [0.3, 0.4) is 0 Å². The normalized spacial score (nSPS) is 13.1. The van der Waals surface area contributed by atoms with E-state index in [9.17, 15) is 14.4 Å². The molecule has 0 saturated heterocycles. The van der Waals surface area contributed by atoms with Crippen LogP contribution in [0.15, 0.2) is 77.3 Å². The Hall–Kier alpha value is -3.49. The third-order valence-electron chi connectivity index (χ3n) is 7.27. The molecule has 0 amide bonds. The molecule has 1 aliphatic rings. The fraction of sp³-hybridized carbons (Fsp3) is 0.400. The summed E-state index contributed by atoms with van der Waals surface area (Å²) >= 11 is 3.47. The highest BCUT2D eigenvalue weighted by atomic mass is 79.9. The summed E-state index contributed by atoms with van der Waals surface area (Å²) in [5.74, 6) is -0.774. The number of ether oxygens (including phenoxy) is 2. The Morgan fingerprint density at radius 3 is 1.88 bits per heavy atom. The smallest absolute Gasteiger partial charge is 0.338 e. The molecule has 1 saturated carbocycles. The van der Waals surface area contributed by atoms with Gasteiger partial charge in [-0.1, -0.05) is 101 Å². The van der Waals surface area contributed by atoms with Crippen molar-refractivity contribution < 1.29 is 23.9 Å². The SMILES string of the molecule is C.CCN(Cc1cc(C(=O)OCCOC(C)=O)cc(Br)c1N)C1CCCCCC1.O=C(c1ccccc1)c1ccccc1. The molecular formula is C35H45BrN2O5. The summed E-state index contributed by atoms with van der Waals surface area (Å²) in [5.41, 5.74) is 9.78. The molecule has 0 spiro atoms. The maximum atomic E-state index is 12.4. The van der Waals surface area contributed by atoms with E-state index in [1.165, 1.54) is 45.4 Å². The molecular weight excluding hydrogens is 608 g/mol. The van der Waals surface area contributed by atoms with Gasteiger partial charge in [-0.05, 0) is 53.0 Å². The highest BCUT2D eigenvalue weighted by Gasteiger charge is 2.21. The van der Waals surface area contributed by atoms with Crippen LogP contribution in [0.4, 0.5) is 5.69 Å². The molecule has 1 aliphatic carbocycles. The van der Waals surface area contributed by atoms with Crippen molar-refractivity contribution in [1.29, 1.82) is 0 Å². The first-order chi connectivity index (χ1) is 20.3. The highest BCUT2D eigenvalue weighted by molar-refractivity contribution is 9.10. The monoisotopic (exact) mass is 652 g/mol. The molecule has 0 unspecified atom stereocenters. The van der Waals surface area contributed by atoms with Crippen LogP contribution in [0, 0.1) is 0 Å². The van der Waals surface area contributed by atoms with Crippen LogP contribution in [-0.4, -0.2) is 48.4 Å². The molecule has 43 heavy (non-hydrogen) atoms. The molecule has 1 fully saturated rings. The van der Waals surface area contributed by atoms with Gasteiger partial charge in [0.15, 0.2) is 5.78 Å². The lowest BCUT2D eigenvalue weighted by molar-refractivity contribution is -0.142. The number of carbonyl (C=O) groups is 3. The maximum absolute atomic E-state index is 12.4. The van der Waals surface area contributed by atoms with E-state index in [1.54, 1.807) is 6.07 Å². The Balaban J connectivity index is 0.000000359. The van der Waals surface area contributed by atoms with Gasteiger partial charge in [0.1, 0.15) is 13.2 Å². The van der Waals surface area contributed by atoms with Crippen LogP contribution in [-0.2, 0) is 20.8 Å². The van der Waals surface area contributed by atoms with Gasteiger partial charge in [0.25, 0.3) is 0 Å². The quantitative estimate of drug-likeness (QED) is 0.0783. The van der Waals surface area contributed by atoms with E-state index in [1.807, 2.05) is 66.7 Å². The van der Waals surface area contributed by atoms with Gasteiger partial charge in [-0.2, -0.15) is 0 Å². The molecule has 232 valence electrons. The van der Waals surface area contributed by atoms with E-state index in [0.29, 0.717) is 28.3 Å². The minimum Gasteiger partial charge on any atom is -0.462 e. The topological polar surface area (TPSA) is 98.9 Å². The largest absolute Gasteiger partial charge is 0.462 e. The van der Waals surface area contributed by atoms with Crippen LogP contribution < -0.4 is 5.73 Å². The number of nitrogens with two attached hydrogens (primary N) is 1. The van der Waals surface area contributed by atoms with E-state index in [4.69, 9.17) is 15.2 Å². The second-order valence-electron chi connectivity index (χ2n) is 10.3. The molecule has 4 rings (SSSR count). The van der Waals surface area contributed by atoms with Gasteiger partial charge < -0.3 is 15.2 Å². The predicted octanol–water partition coefficient (Wildman–Crippen LogP) is 7.85. The number of rotatable bonds is 10. The lowest BCUT2D eigenvalue weighted by Crippen LogP contribution is -2.34. The van der Waals surface area contributed by atoms with Gasteiger partial charge in [-0.25, -0.2) is 4.79 Å². The van der Waals surface area contributed by atoms with Crippen LogP contribution in [0.1, 0.15) is 91.6 Å². The van der Waals surface area contributed by atoms with Gasteiger partial charge >= 0.3 is 11.9 Å². The zero-order chi connectivity index (χ0) is 30.3. The first-order valence-corrected chi connectivity index (χ1v) is 15.4. The molecule has 0 aliphatic heterocycles. The summed E-state index contributed by atoms with van der Waals surface area (Å²) in [7, 11) is 0. The number of nitrogens with zero attached hydrogens (tertiary/aromatic N) is 1. The lowest BCUT2D eigenvalue weighted by Gasteiger charge is -2.30. The van der Waals surface area contributed by atoms with E-state index >= 15 is 0 Å². The summed E-state index contributed by atoms with van der Waals surface area (Å²) in [4.78, 5) is 37.5. The number of ketones is 1. The van der Waals surface area contributed by atoms with E-state index in [0.717, 1.165) is 23.2 Å². The number of carbonyl (C=O) groups excluding carboxylic acids is 3. The molecule has 0 aromatic heterocycles. The molecule has 2 N–H and O–H groups in total. The Kier molecular flexibility index (Phi) is 15.7. The van der Waals surface area contributed by atoms with Crippen molar-refractivity contribution in [2.24, 2.45) is 0 Å². The summed E-state index contributed by atoms with van der Waals surface area (Å²) in [6.45, 7) is 5.22. The van der Waals surface area contributed by atoms with Crippen molar-refractivity contribution in [2.45, 2.75) is 72.4 Å². The van der Waals surface area contributed by atoms with Crippen LogP contribution >= 0.6 is 15.9 Å². The molecule has 7 nitrogen and oxygen atoms in total. The number of anilines is 1. The second kappa shape index (κ2) is 18.9. The Bertz CT molecular complexity index is 1250. The van der Waals surface area contributed by atoms with Crippen molar-refractivity contribution >= 4 is 39.3 Å². The fourth-order valence-electron chi connectivity index (χ4n) is 5.01. The molecule has 3 aromatic rings. The average molecular weight is 654 g/mol. The standard InChI is InChI=1S/C21H31BrN2O4.C13H10O.CH4/c1-3-24(18-8-6-4-5-7-9-18)14-17-12-16(13-19(22)20(17)23)21(26)28-11-10-27-15(2)25;14-13(11-7-3-1-4-8-11)12-9-5-2-6-10-12;/h12-13,18H,3-11,14,23H2,1-2H3;1-10H;1H4. The third-order valence-corrected chi connectivity index (χ3v) is 7.92. The summed E-state index contributed by atoms with van der Waals surface area (Å²) in [6, 6.07) is 22.7. The minimum atomic E-state index is -0.452. The van der Waals surface area contributed by atoms with Gasteiger partial charge in [0, 0.05) is 35.1 Å². The number of halogens is 1. The van der Waals surface area contributed by atoms with E-state index < -0.39 is 11.9 Å². The molecule has 8 heteroatoms. The number of hydrogen-bond acceptors (Lipinski definition) is 7. The van der Waals surface area contributed by atoms with Crippen LogP contribution in [0.2, 0.25) is 0 Å². The van der Waals surface area contributed by atoms with Crippen LogP contribution in [0.5, 0.6) is 0 Å². The van der Waals surface area contributed by atoms with Crippen molar-refractivity contribution in [3.05, 3.63) is 99.5 Å². The van der Waals surface area contributed by atoms with Crippen molar-refractivity contribution in [3.8, 4) is 0 Å². The van der Waals surface area contributed by atoms with Crippen molar-refractivity contribution in [3.63, 3.8) is 0 Å². The number of nitrogen functional groups attached to an aromatic ring is 1. The van der Waals surface area contributed by atoms with E-state index in [-0.39, 0.29) is 26.4 Å². The molecule has 0 bridgehead atoms. The van der Waals surface area contributed by atoms with Gasteiger partial charge in [0.2, 0.25) is 0 Å². The summed E-state index contributed by atoms with van der Waals surface area (Å²) in [6.07, 6.45) is 7.61. The third kappa shape index (κ3) is 11.6. The fourth-order valence-corrected chi connectivity index (χ4v) is 5.51. The van der Waals surface area contributed by atoms with Crippen molar-refractivity contribution in [1.82, 2.24) is 4.90 Å². The van der Waals surface area contributed by atoms with Gasteiger partial charge in [-0.3, -0.25) is 14.5 Å². The summed E-state index contributed by atoms with van der Waals surface area (Å²) < 4.78 is 10.7. The molecule has 0 atom stereocenters. The Morgan fingerprint density at radius 1 is 0.837 bits per heavy atom. The minimum absolute atomic E-state index is 0. The molecule has 3 aromatic carbocycles. The lowest BCUT2D eigenvalue weighted by atomic mass is 10.0. The molecule has 0 heterocycles. The average Bonchev–Trinajstić information content (AvgIpc) is 3.30. The molecule has 0 radical (unpaired) electrons. The predicted molar refractivity (Wildman–Crippen MR) is 176 cm³/mol. The number of benzene rings is 3. The van der Waals surface area contributed by atoms with E-state index in [2.05, 4.69) is 27.8 Å². The Labute approximate surface area is 264 Å². The number of esters is 2. The second-order valence-corrected chi connectivity index (χ2v) is 11.1. The van der Waals surface area contributed by atoms with Crippen molar-refractivity contribution in [2.75, 3.05) is 25.5 Å². The van der Waals surface area contributed by atoms with Crippen LogP contribution in [0.25, 0.3) is 0 Å². The summed E-state index contributed by atoms with van der Waals surface area (Å²) in [5, 5.41) is 0. The van der Waals surface area contributed by atoms with Gasteiger partial charge in [-0.15, -0.1) is 0 Å². The maximum Gasteiger partial charge on any atom is 0.338 e. The highest BCUT2D eigenvalue weighted by Crippen LogP contribution is 2.29. The zero-order valence-corrected chi connectivity index (χ0v) is 26.1. The number of hydrogen-bond donors (Lipinski definition) is 1. The first kappa shape index (κ1) is 35.7. The first-order valence-electron chi connectivity index (χ1n) is 14.6. The van der Waals surface area contributed by atoms with Gasteiger partial charge in [0.05, 0.1) is 11.3 Å².